The third-order valence-corrected chi connectivity index (χ3v) is 6.46. The first-order chi connectivity index (χ1) is 15.0. The van der Waals surface area contributed by atoms with E-state index in [0.717, 1.165) is 56.4 Å². The van der Waals surface area contributed by atoms with Gasteiger partial charge in [0.25, 0.3) is 0 Å². The average Bonchev–Trinajstić information content (AvgIpc) is 2.78. The molecule has 2 aromatic rings. The van der Waals surface area contributed by atoms with E-state index in [1.54, 1.807) is 6.92 Å². The van der Waals surface area contributed by atoms with E-state index < -0.39 is 6.10 Å². The van der Waals surface area contributed by atoms with Crippen molar-refractivity contribution < 1.29 is 5.11 Å². The van der Waals surface area contributed by atoms with E-state index in [-0.39, 0.29) is 0 Å². The van der Waals surface area contributed by atoms with Crippen molar-refractivity contribution in [2.45, 2.75) is 52.3 Å². The van der Waals surface area contributed by atoms with E-state index in [0.29, 0.717) is 17.9 Å². The van der Waals surface area contributed by atoms with E-state index in [2.05, 4.69) is 58.4 Å². The summed E-state index contributed by atoms with van der Waals surface area (Å²) in [7, 11) is 0. The second-order valence-electron chi connectivity index (χ2n) is 9.07. The van der Waals surface area contributed by atoms with Gasteiger partial charge in [0.15, 0.2) is 0 Å². The lowest BCUT2D eigenvalue weighted by molar-refractivity contribution is 0.208. The number of benzene rings is 1. The number of nitrogens with one attached hydrogen (secondary N) is 1. The maximum atomic E-state index is 9.96. The van der Waals surface area contributed by atoms with Crippen molar-refractivity contribution in [3.63, 3.8) is 0 Å². The van der Waals surface area contributed by atoms with Gasteiger partial charge in [-0.05, 0) is 43.2 Å². The van der Waals surface area contributed by atoms with E-state index in [9.17, 15) is 10.4 Å². The number of fused-ring (bicyclic) bond motifs is 1. The Labute approximate surface area is 185 Å². The standard InChI is InChI=1S/C25H33N5O/c1-18-8-12-30(13-9-18)25-23-17-29(16-20-6-4-3-5-7-20)11-10-21(23)22(14-26)24(28-25)27-15-19(2)31/h3-7,18-19,31H,8-13,15-17H2,1-2H3,(H,27,28). The maximum absolute atomic E-state index is 9.96. The van der Waals surface area contributed by atoms with Crippen LogP contribution in [0.2, 0.25) is 0 Å². The molecule has 1 unspecified atom stereocenters. The number of aromatic nitrogens is 1. The molecule has 31 heavy (non-hydrogen) atoms. The molecule has 6 heteroatoms. The number of pyridine rings is 1. The second-order valence-corrected chi connectivity index (χ2v) is 9.07. The van der Waals surface area contributed by atoms with Gasteiger partial charge in [0.05, 0.1) is 11.7 Å². The fourth-order valence-corrected chi connectivity index (χ4v) is 4.62. The summed E-state index contributed by atoms with van der Waals surface area (Å²) >= 11 is 0. The fraction of sp³-hybridized carbons (Fsp3) is 0.520. The molecule has 4 rings (SSSR count). The van der Waals surface area contributed by atoms with Crippen molar-refractivity contribution >= 4 is 11.6 Å². The Morgan fingerprint density at radius 2 is 1.94 bits per heavy atom. The van der Waals surface area contributed by atoms with Crippen LogP contribution in [0.4, 0.5) is 11.6 Å². The number of nitriles is 1. The zero-order valence-electron chi connectivity index (χ0n) is 18.6. The molecule has 1 atom stereocenters. The Morgan fingerprint density at radius 3 is 2.61 bits per heavy atom. The predicted octanol–water partition coefficient (Wildman–Crippen LogP) is 3.54. The molecule has 3 heterocycles. The van der Waals surface area contributed by atoms with Crippen molar-refractivity contribution in [1.82, 2.24) is 9.88 Å². The van der Waals surface area contributed by atoms with Gasteiger partial charge >= 0.3 is 0 Å². The number of aliphatic hydroxyl groups is 1. The molecular weight excluding hydrogens is 386 g/mol. The highest BCUT2D eigenvalue weighted by Crippen LogP contribution is 2.35. The smallest absolute Gasteiger partial charge is 0.146 e. The Kier molecular flexibility index (Phi) is 6.74. The minimum atomic E-state index is -0.495. The summed E-state index contributed by atoms with van der Waals surface area (Å²) in [5.74, 6) is 2.38. The Balaban J connectivity index is 1.68. The van der Waals surface area contributed by atoms with Gasteiger partial charge < -0.3 is 15.3 Å². The summed E-state index contributed by atoms with van der Waals surface area (Å²) in [6.07, 6.45) is 2.68. The minimum Gasteiger partial charge on any atom is -0.392 e. The van der Waals surface area contributed by atoms with Gasteiger partial charge in [-0.15, -0.1) is 0 Å². The van der Waals surface area contributed by atoms with Gasteiger partial charge in [-0.25, -0.2) is 4.98 Å². The van der Waals surface area contributed by atoms with Gasteiger partial charge in [0.2, 0.25) is 0 Å². The molecule has 2 aliphatic rings. The van der Waals surface area contributed by atoms with Crippen molar-refractivity contribution in [2.75, 3.05) is 36.4 Å². The molecular formula is C25H33N5O. The van der Waals surface area contributed by atoms with Gasteiger partial charge in [0, 0.05) is 44.8 Å². The second kappa shape index (κ2) is 9.67. The zero-order chi connectivity index (χ0) is 21.8. The molecule has 0 spiro atoms. The van der Waals surface area contributed by atoms with Crippen LogP contribution in [0.1, 0.15) is 48.9 Å². The Bertz CT molecular complexity index is 929. The van der Waals surface area contributed by atoms with Crippen molar-refractivity contribution in [3.05, 3.63) is 52.6 Å². The van der Waals surface area contributed by atoms with Crippen LogP contribution >= 0.6 is 0 Å². The fourth-order valence-electron chi connectivity index (χ4n) is 4.62. The van der Waals surface area contributed by atoms with Crippen LogP contribution in [0.25, 0.3) is 0 Å². The molecule has 0 bridgehead atoms. The Morgan fingerprint density at radius 1 is 1.19 bits per heavy atom. The predicted molar refractivity (Wildman–Crippen MR) is 124 cm³/mol. The summed E-state index contributed by atoms with van der Waals surface area (Å²) in [6.45, 7) is 9.08. The van der Waals surface area contributed by atoms with Crippen LogP contribution in [0.15, 0.2) is 30.3 Å². The van der Waals surface area contributed by atoms with Gasteiger partial charge in [-0.2, -0.15) is 5.26 Å². The lowest BCUT2D eigenvalue weighted by atomic mass is 9.93. The molecule has 0 radical (unpaired) electrons. The van der Waals surface area contributed by atoms with Gasteiger partial charge in [-0.3, -0.25) is 4.90 Å². The molecule has 6 nitrogen and oxygen atoms in total. The highest BCUT2D eigenvalue weighted by atomic mass is 16.3. The van der Waals surface area contributed by atoms with E-state index in [4.69, 9.17) is 4.98 Å². The molecule has 0 saturated carbocycles. The molecule has 0 aliphatic carbocycles. The van der Waals surface area contributed by atoms with Crippen LogP contribution in [0, 0.1) is 17.2 Å². The van der Waals surface area contributed by atoms with E-state index in [1.807, 2.05) is 0 Å². The first-order valence-corrected chi connectivity index (χ1v) is 11.4. The maximum Gasteiger partial charge on any atom is 0.146 e. The number of rotatable bonds is 6. The Hall–Kier alpha value is -2.62. The van der Waals surface area contributed by atoms with Crippen molar-refractivity contribution in [1.29, 1.82) is 5.26 Å². The largest absolute Gasteiger partial charge is 0.392 e. The number of hydrogen-bond donors (Lipinski definition) is 2. The van der Waals surface area contributed by atoms with Crippen LogP contribution in [-0.2, 0) is 19.5 Å². The van der Waals surface area contributed by atoms with Crippen molar-refractivity contribution in [2.24, 2.45) is 5.92 Å². The molecule has 164 valence electrons. The first kappa shape index (κ1) is 21.6. The van der Waals surface area contributed by atoms with Crippen LogP contribution < -0.4 is 10.2 Å². The topological polar surface area (TPSA) is 75.4 Å². The summed E-state index contributed by atoms with van der Waals surface area (Å²) in [4.78, 5) is 9.83. The highest BCUT2D eigenvalue weighted by molar-refractivity contribution is 5.67. The summed E-state index contributed by atoms with van der Waals surface area (Å²) in [5.41, 5.74) is 4.28. The SMILES string of the molecule is CC(O)CNc1nc(N2CCC(C)CC2)c2c(c1C#N)CCN(Cc1ccccc1)C2. The van der Waals surface area contributed by atoms with Crippen molar-refractivity contribution in [3.8, 4) is 6.07 Å². The number of anilines is 2. The highest BCUT2D eigenvalue weighted by Gasteiger charge is 2.29. The first-order valence-electron chi connectivity index (χ1n) is 11.4. The van der Waals surface area contributed by atoms with Gasteiger partial charge in [0.1, 0.15) is 17.7 Å². The summed E-state index contributed by atoms with van der Waals surface area (Å²) in [5, 5.41) is 22.9. The lowest BCUT2D eigenvalue weighted by Crippen LogP contribution is -2.37. The zero-order valence-corrected chi connectivity index (χ0v) is 18.6. The van der Waals surface area contributed by atoms with Gasteiger partial charge in [-0.1, -0.05) is 37.3 Å². The number of aliphatic hydroxyl groups excluding tert-OH is 1. The third kappa shape index (κ3) is 5.00. The normalized spacial score (nSPS) is 18.3. The van der Waals surface area contributed by atoms with Crippen LogP contribution in [0.3, 0.4) is 0 Å². The number of piperidine rings is 1. The monoisotopic (exact) mass is 419 g/mol. The molecule has 0 amide bonds. The van der Waals surface area contributed by atoms with Crippen LogP contribution in [0.5, 0.6) is 0 Å². The summed E-state index contributed by atoms with van der Waals surface area (Å²) < 4.78 is 0. The summed E-state index contributed by atoms with van der Waals surface area (Å²) in [6, 6.07) is 13.0. The average molecular weight is 420 g/mol. The number of hydrogen-bond acceptors (Lipinski definition) is 6. The molecule has 2 aliphatic heterocycles. The minimum absolute atomic E-state index is 0.386. The molecule has 1 fully saturated rings. The van der Waals surface area contributed by atoms with E-state index >= 15 is 0 Å². The van der Waals surface area contributed by atoms with E-state index in [1.165, 1.54) is 24.0 Å². The lowest BCUT2D eigenvalue weighted by Gasteiger charge is -2.37. The van der Waals surface area contributed by atoms with Crippen LogP contribution in [-0.4, -0.2) is 47.3 Å². The third-order valence-electron chi connectivity index (χ3n) is 6.46. The molecule has 2 N–H and O–H groups in total. The molecule has 1 aromatic heterocycles. The molecule has 1 aromatic carbocycles. The quantitative estimate of drug-likeness (QED) is 0.746. The molecule has 1 saturated heterocycles. The number of nitrogens with zero attached hydrogens (tertiary/aromatic N) is 4.